The number of pyridine rings is 1. The van der Waals surface area contributed by atoms with Gasteiger partial charge in [-0.25, -0.2) is 19.3 Å². The van der Waals surface area contributed by atoms with Crippen LogP contribution in [0.5, 0.6) is 5.75 Å². The normalized spacial score (nSPS) is 10.8. The Hall–Kier alpha value is -3.26. The van der Waals surface area contributed by atoms with E-state index in [-0.39, 0.29) is 5.82 Å². The summed E-state index contributed by atoms with van der Waals surface area (Å²) in [4.78, 5) is 16.5. The Morgan fingerprint density at radius 3 is 2.65 bits per heavy atom. The van der Waals surface area contributed by atoms with Gasteiger partial charge in [0.05, 0.1) is 7.11 Å². The van der Waals surface area contributed by atoms with Crippen molar-refractivity contribution in [2.24, 2.45) is 0 Å². The van der Waals surface area contributed by atoms with Crippen LogP contribution in [0, 0.1) is 5.82 Å². The number of imidazole rings is 1. The third kappa shape index (κ3) is 2.91. The van der Waals surface area contributed by atoms with Gasteiger partial charge in [0.2, 0.25) is 0 Å². The van der Waals surface area contributed by atoms with Gasteiger partial charge in [0.1, 0.15) is 28.0 Å². The first-order valence-electron chi connectivity index (χ1n) is 7.71. The molecule has 0 amide bonds. The molecule has 0 aliphatic rings. The molecule has 8 heteroatoms. The number of halogens is 1. The number of H-pyrrole nitrogens is 1. The molecule has 3 N–H and O–H groups in total. The first-order valence-corrected chi connectivity index (χ1v) is 8.59. The van der Waals surface area contributed by atoms with E-state index in [1.165, 1.54) is 30.6 Å². The lowest BCUT2D eigenvalue weighted by atomic mass is 10.1. The number of benzene rings is 1. The Kier molecular flexibility index (Phi) is 4.10. The molecule has 0 atom stereocenters. The van der Waals surface area contributed by atoms with Gasteiger partial charge in [-0.05, 0) is 30.3 Å². The summed E-state index contributed by atoms with van der Waals surface area (Å²) in [6.07, 6.45) is 3.36. The van der Waals surface area contributed by atoms with Crippen LogP contribution in [0.2, 0.25) is 0 Å². The zero-order valence-corrected chi connectivity index (χ0v) is 14.5. The molecule has 4 aromatic rings. The number of aromatic nitrogens is 4. The monoisotopic (exact) mass is 367 g/mol. The molecular formula is C18H14FN5OS. The van der Waals surface area contributed by atoms with E-state index in [9.17, 15) is 4.39 Å². The number of rotatable bonds is 4. The molecule has 3 heterocycles. The van der Waals surface area contributed by atoms with E-state index < -0.39 is 0 Å². The predicted octanol–water partition coefficient (Wildman–Crippen LogP) is 3.99. The maximum Gasteiger partial charge on any atom is 0.166 e. The lowest BCUT2D eigenvalue weighted by Gasteiger charge is -2.06. The third-order valence-electron chi connectivity index (χ3n) is 3.84. The Balaban J connectivity index is 1.89. The van der Waals surface area contributed by atoms with Crippen LogP contribution in [0.25, 0.3) is 33.3 Å². The van der Waals surface area contributed by atoms with Crippen molar-refractivity contribution in [3.8, 4) is 39.1 Å². The highest BCUT2D eigenvalue weighted by Crippen LogP contribution is 2.35. The molecular weight excluding hydrogens is 353 g/mol. The van der Waals surface area contributed by atoms with Gasteiger partial charge in [-0.2, -0.15) is 0 Å². The number of nitrogens with zero attached hydrogens (tertiary/aromatic N) is 3. The minimum absolute atomic E-state index is 0.298. The van der Waals surface area contributed by atoms with Crippen LogP contribution in [-0.2, 0) is 0 Å². The van der Waals surface area contributed by atoms with Crippen LogP contribution < -0.4 is 10.5 Å². The zero-order valence-electron chi connectivity index (χ0n) is 13.7. The Bertz CT molecular complexity index is 1040. The van der Waals surface area contributed by atoms with Crippen molar-refractivity contribution < 1.29 is 9.13 Å². The molecule has 4 rings (SSSR count). The SMILES string of the molecule is COc1cc(-c2nc(-c3ccc(F)cc3)[nH]c2-c2nccs2)cnc1N. The number of methoxy groups -OCH3 is 1. The minimum atomic E-state index is -0.298. The molecule has 0 bridgehead atoms. The van der Waals surface area contributed by atoms with Crippen molar-refractivity contribution in [2.45, 2.75) is 0 Å². The van der Waals surface area contributed by atoms with Gasteiger partial charge >= 0.3 is 0 Å². The molecule has 0 saturated carbocycles. The molecule has 130 valence electrons. The van der Waals surface area contributed by atoms with Gasteiger partial charge in [0.15, 0.2) is 11.6 Å². The molecule has 0 radical (unpaired) electrons. The Labute approximate surface area is 152 Å². The summed E-state index contributed by atoms with van der Waals surface area (Å²) in [6, 6.07) is 7.92. The molecule has 0 unspecified atom stereocenters. The van der Waals surface area contributed by atoms with Gasteiger partial charge in [0, 0.05) is 28.9 Å². The highest BCUT2D eigenvalue weighted by molar-refractivity contribution is 7.13. The predicted molar refractivity (Wildman–Crippen MR) is 99.3 cm³/mol. The topological polar surface area (TPSA) is 89.7 Å². The molecule has 26 heavy (non-hydrogen) atoms. The lowest BCUT2D eigenvalue weighted by Crippen LogP contribution is -1.96. The van der Waals surface area contributed by atoms with Crippen LogP contribution in [0.1, 0.15) is 0 Å². The van der Waals surface area contributed by atoms with E-state index in [2.05, 4.69) is 15.0 Å². The molecule has 0 saturated heterocycles. The average molecular weight is 367 g/mol. The number of nitrogens with two attached hydrogens (primary N) is 1. The van der Waals surface area contributed by atoms with Gasteiger partial charge < -0.3 is 15.5 Å². The summed E-state index contributed by atoms with van der Waals surface area (Å²) in [5.74, 6) is 1.09. The number of hydrogen-bond donors (Lipinski definition) is 2. The Morgan fingerprint density at radius 2 is 1.96 bits per heavy atom. The Morgan fingerprint density at radius 1 is 1.15 bits per heavy atom. The van der Waals surface area contributed by atoms with Gasteiger partial charge in [-0.15, -0.1) is 11.3 Å². The van der Waals surface area contributed by atoms with E-state index in [1.54, 1.807) is 30.6 Å². The van der Waals surface area contributed by atoms with Crippen molar-refractivity contribution in [1.29, 1.82) is 0 Å². The highest BCUT2D eigenvalue weighted by atomic mass is 32.1. The smallest absolute Gasteiger partial charge is 0.166 e. The summed E-state index contributed by atoms with van der Waals surface area (Å²) in [5.41, 5.74) is 8.75. The summed E-state index contributed by atoms with van der Waals surface area (Å²) in [7, 11) is 1.54. The minimum Gasteiger partial charge on any atom is -0.493 e. The summed E-state index contributed by atoms with van der Waals surface area (Å²) in [6.45, 7) is 0. The molecule has 6 nitrogen and oxygen atoms in total. The van der Waals surface area contributed by atoms with Crippen LogP contribution in [0.4, 0.5) is 10.2 Å². The number of nitrogen functional groups attached to an aromatic ring is 1. The second-order valence-electron chi connectivity index (χ2n) is 5.46. The maximum atomic E-state index is 13.2. The van der Waals surface area contributed by atoms with E-state index >= 15 is 0 Å². The van der Waals surface area contributed by atoms with Crippen molar-refractivity contribution >= 4 is 17.2 Å². The molecule has 3 aromatic heterocycles. The van der Waals surface area contributed by atoms with Gasteiger partial charge in [-0.3, -0.25) is 0 Å². The lowest BCUT2D eigenvalue weighted by molar-refractivity contribution is 0.415. The second kappa shape index (κ2) is 6.57. The van der Waals surface area contributed by atoms with E-state index in [0.29, 0.717) is 23.1 Å². The van der Waals surface area contributed by atoms with E-state index in [0.717, 1.165) is 21.8 Å². The largest absolute Gasteiger partial charge is 0.493 e. The summed E-state index contributed by atoms with van der Waals surface area (Å²) < 4.78 is 18.5. The van der Waals surface area contributed by atoms with Crippen molar-refractivity contribution in [2.75, 3.05) is 12.8 Å². The van der Waals surface area contributed by atoms with Crippen LogP contribution in [0.3, 0.4) is 0 Å². The summed E-state index contributed by atoms with van der Waals surface area (Å²) >= 11 is 1.49. The molecule has 0 aliphatic carbocycles. The van der Waals surface area contributed by atoms with Crippen LogP contribution in [0.15, 0.2) is 48.1 Å². The van der Waals surface area contributed by atoms with E-state index in [1.807, 2.05) is 5.38 Å². The number of hydrogen-bond acceptors (Lipinski definition) is 6. The fourth-order valence-corrected chi connectivity index (χ4v) is 3.21. The second-order valence-corrected chi connectivity index (χ2v) is 6.36. The van der Waals surface area contributed by atoms with E-state index in [4.69, 9.17) is 15.5 Å². The fraction of sp³-hybridized carbons (Fsp3) is 0.0556. The van der Waals surface area contributed by atoms with Crippen molar-refractivity contribution in [1.82, 2.24) is 19.9 Å². The zero-order chi connectivity index (χ0) is 18.1. The number of ether oxygens (including phenoxy) is 1. The fourth-order valence-electron chi connectivity index (χ4n) is 2.58. The van der Waals surface area contributed by atoms with Gasteiger partial charge in [-0.1, -0.05) is 0 Å². The standard InChI is InChI=1S/C18H14FN5OS/c1-25-13-8-11(9-22-16(13)20)14-15(18-21-6-7-26-18)24-17(23-14)10-2-4-12(19)5-3-10/h2-9H,1H3,(H2,20,22)(H,23,24). The third-order valence-corrected chi connectivity index (χ3v) is 4.63. The first-order chi connectivity index (χ1) is 12.7. The quantitative estimate of drug-likeness (QED) is 0.569. The molecule has 1 aromatic carbocycles. The molecule has 0 aliphatic heterocycles. The molecule has 0 spiro atoms. The van der Waals surface area contributed by atoms with Crippen molar-refractivity contribution in [3.63, 3.8) is 0 Å². The molecule has 0 fully saturated rings. The first kappa shape index (κ1) is 16.2. The van der Waals surface area contributed by atoms with Crippen LogP contribution in [-0.4, -0.2) is 27.0 Å². The van der Waals surface area contributed by atoms with Gasteiger partial charge in [0.25, 0.3) is 0 Å². The summed E-state index contributed by atoms with van der Waals surface area (Å²) in [5, 5.41) is 2.68. The average Bonchev–Trinajstić information content (AvgIpc) is 3.32. The number of nitrogens with one attached hydrogen (secondary N) is 1. The number of anilines is 1. The maximum absolute atomic E-state index is 13.2. The number of thiazole rings is 1. The highest BCUT2D eigenvalue weighted by Gasteiger charge is 2.18. The number of aromatic amines is 1. The van der Waals surface area contributed by atoms with Crippen molar-refractivity contribution in [3.05, 3.63) is 53.9 Å². The van der Waals surface area contributed by atoms with Crippen LogP contribution >= 0.6 is 11.3 Å².